The van der Waals surface area contributed by atoms with Crippen LogP contribution >= 0.6 is 0 Å². The molecule has 1 unspecified atom stereocenters. The van der Waals surface area contributed by atoms with Crippen LogP contribution in [0.15, 0.2) is 34.1 Å². The van der Waals surface area contributed by atoms with Gasteiger partial charge in [-0.2, -0.15) is 0 Å². The largest absolute Gasteiger partial charge is 0.481 e. The smallest absolute Gasteiger partial charge is 0.310 e. The zero-order valence-electron chi connectivity index (χ0n) is 12.7. The van der Waals surface area contributed by atoms with Gasteiger partial charge < -0.3 is 10.1 Å². The maximum absolute atomic E-state index is 12.3. The molecular formula is C14H17N3O5S. The maximum Gasteiger partial charge on any atom is 0.310 e. The van der Waals surface area contributed by atoms with E-state index >= 15 is 0 Å². The molecule has 23 heavy (non-hydrogen) atoms. The van der Waals surface area contributed by atoms with Crippen LogP contribution in [0.1, 0.15) is 20.3 Å². The molecule has 0 spiro atoms. The number of hydrogen-bond donors (Lipinski definition) is 3. The molecule has 0 bridgehead atoms. The Hall–Kier alpha value is -2.26. The van der Waals surface area contributed by atoms with Crippen molar-refractivity contribution in [2.24, 2.45) is 5.41 Å². The Bertz CT molecular complexity index is 906. The highest BCUT2D eigenvalue weighted by molar-refractivity contribution is 7.89. The first-order valence-corrected chi connectivity index (χ1v) is 8.38. The Morgan fingerprint density at radius 1 is 1.43 bits per heavy atom. The van der Waals surface area contributed by atoms with E-state index in [9.17, 15) is 23.1 Å². The van der Waals surface area contributed by atoms with Crippen molar-refractivity contribution in [1.82, 2.24) is 14.7 Å². The number of nitrogens with zero attached hydrogens (tertiary/aromatic N) is 1. The summed E-state index contributed by atoms with van der Waals surface area (Å²) in [6.45, 7) is 2.93. The molecule has 0 aliphatic rings. The second kappa shape index (κ2) is 6.09. The summed E-state index contributed by atoms with van der Waals surface area (Å²) in [5.74, 6) is -1.07. The van der Waals surface area contributed by atoms with Crippen LogP contribution in [0.5, 0.6) is 0 Å². The van der Waals surface area contributed by atoms with Crippen LogP contribution in [0, 0.1) is 5.41 Å². The van der Waals surface area contributed by atoms with Gasteiger partial charge in [0.25, 0.3) is 5.56 Å². The van der Waals surface area contributed by atoms with Gasteiger partial charge in [0.1, 0.15) is 0 Å². The lowest BCUT2D eigenvalue weighted by Gasteiger charge is -2.23. The van der Waals surface area contributed by atoms with Crippen LogP contribution in [-0.4, -0.2) is 36.0 Å². The van der Waals surface area contributed by atoms with Crippen molar-refractivity contribution in [2.75, 3.05) is 6.54 Å². The molecule has 2 aromatic rings. The van der Waals surface area contributed by atoms with Crippen LogP contribution in [0.3, 0.4) is 0 Å². The predicted octanol–water partition coefficient (Wildman–Crippen LogP) is 0.702. The average Bonchev–Trinajstić information content (AvgIpc) is 2.51. The molecule has 0 amide bonds. The molecule has 0 aliphatic carbocycles. The monoisotopic (exact) mass is 339 g/mol. The number of benzene rings is 1. The molecule has 1 heterocycles. The summed E-state index contributed by atoms with van der Waals surface area (Å²) >= 11 is 0. The van der Waals surface area contributed by atoms with Gasteiger partial charge in [-0.3, -0.25) is 9.59 Å². The number of carboxylic acid groups (broad SMARTS) is 1. The summed E-state index contributed by atoms with van der Waals surface area (Å²) in [5.41, 5.74) is -0.830. The van der Waals surface area contributed by atoms with E-state index < -0.39 is 21.4 Å². The third kappa shape index (κ3) is 3.57. The molecule has 0 aliphatic heterocycles. The molecule has 9 heteroatoms. The van der Waals surface area contributed by atoms with Gasteiger partial charge in [0.05, 0.1) is 27.5 Å². The minimum Gasteiger partial charge on any atom is -0.481 e. The SMILES string of the molecule is CCC(C)(CNS(=O)(=O)c1ccc2[nH]c(=O)cnc2c1)C(=O)O. The van der Waals surface area contributed by atoms with E-state index in [2.05, 4.69) is 14.7 Å². The van der Waals surface area contributed by atoms with Crippen molar-refractivity contribution < 1.29 is 18.3 Å². The number of aromatic nitrogens is 2. The second-order valence-corrected chi connectivity index (χ2v) is 7.24. The Balaban J connectivity index is 2.31. The van der Waals surface area contributed by atoms with Gasteiger partial charge in [0.15, 0.2) is 0 Å². The van der Waals surface area contributed by atoms with Gasteiger partial charge >= 0.3 is 5.97 Å². The van der Waals surface area contributed by atoms with Gasteiger partial charge in [-0.05, 0) is 31.5 Å². The maximum atomic E-state index is 12.3. The zero-order valence-corrected chi connectivity index (χ0v) is 13.5. The number of carbonyl (C=O) groups is 1. The lowest BCUT2D eigenvalue weighted by molar-refractivity contribution is -0.147. The van der Waals surface area contributed by atoms with Gasteiger partial charge in [-0.15, -0.1) is 0 Å². The number of aromatic amines is 1. The molecule has 3 N–H and O–H groups in total. The van der Waals surface area contributed by atoms with Crippen molar-refractivity contribution in [3.8, 4) is 0 Å². The molecular weight excluding hydrogens is 322 g/mol. The van der Waals surface area contributed by atoms with Gasteiger partial charge in [0, 0.05) is 6.54 Å². The van der Waals surface area contributed by atoms with Crippen LogP contribution in [0.2, 0.25) is 0 Å². The number of rotatable bonds is 6. The summed E-state index contributed by atoms with van der Waals surface area (Å²) in [6, 6.07) is 4.08. The van der Waals surface area contributed by atoms with Crippen molar-refractivity contribution in [2.45, 2.75) is 25.2 Å². The van der Waals surface area contributed by atoms with Crippen molar-refractivity contribution >= 4 is 27.0 Å². The number of nitrogens with one attached hydrogen (secondary N) is 2. The molecule has 1 aromatic heterocycles. The second-order valence-electron chi connectivity index (χ2n) is 5.47. The third-order valence-corrected chi connectivity index (χ3v) is 5.21. The lowest BCUT2D eigenvalue weighted by atomic mass is 9.88. The molecule has 1 atom stereocenters. The van der Waals surface area contributed by atoms with E-state index in [4.69, 9.17) is 0 Å². The summed E-state index contributed by atoms with van der Waals surface area (Å²) in [7, 11) is -3.88. The Kier molecular flexibility index (Phi) is 4.53. The molecule has 2 rings (SSSR count). The Morgan fingerprint density at radius 2 is 2.13 bits per heavy atom. The van der Waals surface area contributed by atoms with Crippen LogP contribution in [-0.2, 0) is 14.8 Å². The molecule has 0 radical (unpaired) electrons. The lowest BCUT2D eigenvalue weighted by Crippen LogP contribution is -2.40. The predicted molar refractivity (Wildman–Crippen MR) is 83.6 cm³/mol. The number of aliphatic carboxylic acids is 1. The fourth-order valence-electron chi connectivity index (χ4n) is 1.87. The van der Waals surface area contributed by atoms with E-state index in [1.165, 1.54) is 25.1 Å². The first-order valence-electron chi connectivity index (χ1n) is 6.90. The van der Waals surface area contributed by atoms with Crippen LogP contribution < -0.4 is 10.3 Å². The number of sulfonamides is 1. The number of H-pyrrole nitrogens is 1. The summed E-state index contributed by atoms with van der Waals surface area (Å²) < 4.78 is 27.0. The van der Waals surface area contributed by atoms with Crippen LogP contribution in [0.4, 0.5) is 0 Å². The van der Waals surface area contributed by atoms with Crippen molar-refractivity contribution in [1.29, 1.82) is 0 Å². The zero-order chi connectivity index (χ0) is 17.3. The van der Waals surface area contributed by atoms with E-state index in [1.54, 1.807) is 6.92 Å². The first-order chi connectivity index (χ1) is 10.7. The fraction of sp³-hybridized carbons (Fsp3) is 0.357. The normalized spacial score (nSPS) is 14.5. The van der Waals surface area contributed by atoms with Crippen molar-refractivity contribution in [3.63, 3.8) is 0 Å². The highest BCUT2D eigenvalue weighted by atomic mass is 32.2. The highest BCUT2D eigenvalue weighted by Crippen LogP contribution is 2.22. The van der Waals surface area contributed by atoms with E-state index in [0.717, 1.165) is 6.20 Å². The highest BCUT2D eigenvalue weighted by Gasteiger charge is 2.32. The topological polar surface area (TPSA) is 129 Å². The molecule has 124 valence electrons. The van der Waals surface area contributed by atoms with Gasteiger partial charge in [-0.25, -0.2) is 18.1 Å². The number of carboxylic acids is 1. The summed E-state index contributed by atoms with van der Waals surface area (Å²) in [4.78, 5) is 28.8. The minimum atomic E-state index is -3.88. The van der Waals surface area contributed by atoms with E-state index in [-0.39, 0.29) is 23.4 Å². The Labute approximate surface area is 132 Å². The standard InChI is InChI=1S/C14H17N3O5S/c1-3-14(2,13(19)20)8-16-23(21,22)9-4-5-10-11(6-9)15-7-12(18)17-10/h4-7,16H,3,8H2,1-2H3,(H,17,18)(H,19,20). The summed E-state index contributed by atoms with van der Waals surface area (Å²) in [6.07, 6.45) is 1.34. The van der Waals surface area contributed by atoms with E-state index in [1.807, 2.05) is 0 Å². The number of fused-ring (bicyclic) bond motifs is 1. The molecule has 1 aromatic carbocycles. The molecule has 0 saturated heterocycles. The minimum absolute atomic E-state index is 0.0478. The van der Waals surface area contributed by atoms with Gasteiger partial charge in [-0.1, -0.05) is 6.92 Å². The van der Waals surface area contributed by atoms with E-state index in [0.29, 0.717) is 11.0 Å². The van der Waals surface area contributed by atoms with Gasteiger partial charge in [0.2, 0.25) is 10.0 Å². The molecule has 0 fully saturated rings. The first kappa shape index (κ1) is 17.1. The average molecular weight is 339 g/mol. The van der Waals surface area contributed by atoms with Crippen molar-refractivity contribution in [3.05, 3.63) is 34.7 Å². The molecule has 0 saturated carbocycles. The molecule has 8 nitrogen and oxygen atoms in total. The quantitative estimate of drug-likeness (QED) is 0.710. The fourth-order valence-corrected chi connectivity index (χ4v) is 3.06. The summed E-state index contributed by atoms with van der Waals surface area (Å²) in [5, 5.41) is 9.19. The Morgan fingerprint density at radius 3 is 2.74 bits per heavy atom. The third-order valence-electron chi connectivity index (χ3n) is 3.81. The van der Waals surface area contributed by atoms with Crippen LogP contribution in [0.25, 0.3) is 11.0 Å². The number of hydrogen-bond acceptors (Lipinski definition) is 5.